The first kappa shape index (κ1) is 26.9. The van der Waals surface area contributed by atoms with Gasteiger partial charge in [0.05, 0.1) is 18.7 Å². The third kappa shape index (κ3) is 11.5. The summed E-state index contributed by atoms with van der Waals surface area (Å²) in [6.45, 7) is 3.22. The summed E-state index contributed by atoms with van der Waals surface area (Å²) in [5, 5.41) is 11.9. The van der Waals surface area contributed by atoms with E-state index in [2.05, 4.69) is 17.8 Å². The predicted molar refractivity (Wildman–Crippen MR) is 138 cm³/mol. The lowest BCUT2D eigenvalue weighted by molar-refractivity contribution is -0.0157. The van der Waals surface area contributed by atoms with Crippen LogP contribution in [0, 0.1) is 0 Å². The van der Waals surface area contributed by atoms with Crippen LogP contribution in [-0.2, 0) is 11.4 Å². The molecule has 2 atom stereocenters. The summed E-state index contributed by atoms with van der Waals surface area (Å²) in [7, 11) is 0. The van der Waals surface area contributed by atoms with Crippen molar-refractivity contribution < 1.29 is 14.7 Å². The molecule has 0 saturated carbocycles. The maximum Gasteiger partial charge on any atom is 0.407 e. The number of thiol groups is 1. The molecule has 1 aromatic rings. The van der Waals surface area contributed by atoms with E-state index < -0.39 is 6.09 Å². The van der Waals surface area contributed by atoms with E-state index in [1.54, 1.807) is 4.90 Å². The largest absolute Gasteiger partial charge is 0.465 e. The van der Waals surface area contributed by atoms with E-state index in [0.717, 1.165) is 24.2 Å². The fraction of sp³-hybridized carbons (Fsp3) is 0.692. The Morgan fingerprint density at radius 3 is 2.38 bits per heavy atom. The molecule has 0 aromatic heterocycles. The zero-order chi connectivity index (χ0) is 22.9. The van der Waals surface area contributed by atoms with E-state index in [4.69, 9.17) is 4.84 Å². The van der Waals surface area contributed by atoms with Crippen molar-refractivity contribution in [1.29, 1.82) is 0 Å². The molecule has 0 unspecified atom stereocenters. The minimum Gasteiger partial charge on any atom is -0.465 e. The lowest BCUT2D eigenvalue weighted by atomic mass is 10.0. The highest BCUT2D eigenvalue weighted by molar-refractivity contribution is 7.97. The molecule has 1 aliphatic rings. The summed E-state index contributed by atoms with van der Waals surface area (Å²) in [6.07, 6.45) is 14.5. The average Bonchev–Trinajstić information content (AvgIpc) is 2.81. The van der Waals surface area contributed by atoms with Crippen molar-refractivity contribution in [2.45, 2.75) is 103 Å². The van der Waals surface area contributed by atoms with E-state index in [9.17, 15) is 9.90 Å². The Bertz CT molecular complexity index is 641. The molecular formula is C26H44N2O3S. The standard InChI is InChI=1S/C26H44N2O3S/c1-2-3-4-5-6-7-8-9-10-14-19-32-22-25-18-17-24(20-28(25)26(29)30)27-31-21-23-15-12-11-13-16-23/h11-13,15-16,22,24-25,27,32H,2-10,14,17-21H2,1H3,(H,29,30)/t24-,25+/m1/s1. The second-order valence-corrected chi connectivity index (χ2v) is 10.0. The van der Waals surface area contributed by atoms with Crippen LogP contribution < -0.4 is 5.48 Å². The molecule has 1 fully saturated rings. The van der Waals surface area contributed by atoms with Crippen LogP contribution in [-0.4, -0.2) is 45.8 Å². The molecule has 2 N–H and O–H groups in total. The number of hydrogen-bond acceptors (Lipinski definition) is 3. The molecule has 1 amide bonds. The van der Waals surface area contributed by atoms with Crippen molar-refractivity contribution in [2.24, 2.45) is 0 Å². The van der Waals surface area contributed by atoms with Crippen LogP contribution in [0.5, 0.6) is 0 Å². The zero-order valence-electron chi connectivity index (χ0n) is 19.9. The highest BCUT2D eigenvalue weighted by atomic mass is 32.1. The topological polar surface area (TPSA) is 61.8 Å². The molecule has 0 bridgehead atoms. The van der Waals surface area contributed by atoms with Crippen molar-refractivity contribution in [3.8, 4) is 0 Å². The summed E-state index contributed by atoms with van der Waals surface area (Å²) in [6, 6.07) is 10.1. The van der Waals surface area contributed by atoms with E-state index in [0.29, 0.717) is 13.2 Å². The number of hydrogen-bond donors (Lipinski definition) is 3. The number of rotatable bonds is 16. The molecular weight excluding hydrogens is 420 g/mol. The van der Waals surface area contributed by atoms with Crippen LogP contribution in [0.4, 0.5) is 4.79 Å². The Morgan fingerprint density at radius 2 is 1.72 bits per heavy atom. The minimum absolute atomic E-state index is 0.0180. The number of carbonyl (C=O) groups is 1. The van der Waals surface area contributed by atoms with Crippen LogP contribution in [0.25, 0.3) is 0 Å². The van der Waals surface area contributed by atoms with Crippen molar-refractivity contribution in [2.75, 3.05) is 12.3 Å². The van der Waals surface area contributed by atoms with E-state index in [1.807, 2.05) is 30.3 Å². The first-order valence-electron chi connectivity index (χ1n) is 12.6. The van der Waals surface area contributed by atoms with Gasteiger partial charge in [0.15, 0.2) is 0 Å². The zero-order valence-corrected chi connectivity index (χ0v) is 20.8. The van der Waals surface area contributed by atoms with Gasteiger partial charge in [-0.1, -0.05) is 95.0 Å². The Kier molecular flexibility index (Phi) is 14.4. The van der Waals surface area contributed by atoms with Crippen LogP contribution in [0.3, 0.4) is 0 Å². The molecule has 182 valence electrons. The first-order valence-corrected chi connectivity index (χ1v) is 13.8. The normalized spacial score (nSPS) is 19.2. The summed E-state index contributed by atoms with van der Waals surface area (Å²) >= 11 is 1.27. The second-order valence-electron chi connectivity index (χ2n) is 8.91. The Morgan fingerprint density at radius 1 is 1.06 bits per heavy atom. The van der Waals surface area contributed by atoms with Crippen LogP contribution >= 0.6 is 11.4 Å². The second kappa shape index (κ2) is 17.2. The Hall–Kier alpha value is -1.37. The van der Waals surface area contributed by atoms with E-state index in [-0.39, 0.29) is 12.1 Å². The SMILES string of the molecule is CCCCCCCCCCCC[SH]=C[C@@H]1CC[C@@H](NOCc2ccccc2)CN1C(=O)O. The fourth-order valence-electron chi connectivity index (χ4n) is 4.17. The maximum absolute atomic E-state index is 11.8. The summed E-state index contributed by atoms with van der Waals surface area (Å²) < 4.78 is 0. The number of hydroxylamine groups is 1. The highest BCUT2D eigenvalue weighted by Gasteiger charge is 2.30. The first-order chi connectivity index (χ1) is 15.7. The molecule has 2 rings (SSSR count). The summed E-state index contributed by atoms with van der Waals surface area (Å²) in [5.41, 5.74) is 4.17. The molecule has 0 spiro atoms. The molecule has 1 saturated heterocycles. The van der Waals surface area contributed by atoms with Gasteiger partial charge in [-0.3, -0.25) is 9.74 Å². The quantitative estimate of drug-likeness (QED) is 0.114. The van der Waals surface area contributed by atoms with Crippen LogP contribution in [0.15, 0.2) is 30.3 Å². The number of amides is 1. The molecule has 0 aliphatic carbocycles. The number of unbranched alkanes of at least 4 members (excludes halogenated alkanes) is 9. The van der Waals surface area contributed by atoms with Crippen molar-refractivity contribution in [1.82, 2.24) is 10.4 Å². The number of carboxylic acid groups (broad SMARTS) is 1. The molecule has 6 heteroatoms. The molecule has 1 aromatic carbocycles. The summed E-state index contributed by atoms with van der Waals surface area (Å²) in [4.78, 5) is 18.9. The number of likely N-dealkylation sites (tertiary alicyclic amines) is 1. The van der Waals surface area contributed by atoms with E-state index in [1.165, 1.54) is 75.6 Å². The van der Waals surface area contributed by atoms with Crippen LogP contribution in [0.1, 0.15) is 89.5 Å². The van der Waals surface area contributed by atoms with Crippen molar-refractivity contribution >= 4 is 22.8 Å². The van der Waals surface area contributed by atoms with Gasteiger partial charge in [0, 0.05) is 6.54 Å². The third-order valence-electron chi connectivity index (χ3n) is 6.12. The lowest BCUT2D eigenvalue weighted by Gasteiger charge is -2.36. The molecule has 1 heterocycles. The average molecular weight is 465 g/mol. The Balaban J connectivity index is 1.56. The maximum atomic E-state index is 11.8. The van der Waals surface area contributed by atoms with Crippen molar-refractivity contribution in [3.05, 3.63) is 35.9 Å². The number of nitrogens with one attached hydrogen (secondary N) is 1. The third-order valence-corrected chi connectivity index (χ3v) is 7.25. The number of benzene rings is 1. The number of piperidine rings is 1. The van der Waals surface area contributed by atoms with Gasteiger partial charge < -0.3 is 5.11 Å². The molecule has 0 radical (unpaired) electrons. The molecule has 5 nitrogen and oxygen atoms in total. The van der Waals surface area contributed by atoms with E-state index >= 15 is 0 Å². The molecule has 1 aliphatic heterocycles. The van der Waals surface area contributed by atoms with Gasteiger partial charge in [0.25, 0.3) is 0 Å². The monoisotopic (exact) mass is 464 g/mol. The smallest absolute Gasteiger partial charge is 0.407 e. The van der Waals surface area contributed by atoms with Gasteiger partial charge in [-0.25, -0.2) is 16.1 Å². The van der Waals surface area contributed by atoms with Gasteiger partial charge in [-0.05, 0) is 35.9 Å². The van der Waals surface area contributed by atoms with Gasteiger partial charge in [0.2, 0.25) is 0 Å². The van der Waals surface area contributed by atoms with Gasteiger partial charge in [-0.15, -0.1) is 0 Å². The fourth-order valence-corrected chi connectivity index (χ4v) is 5.28. The van der Waals surface area contributed by atoms with Gasteiger partial charge >= 0.3 is 6.09 Å². The lowest BCUT2D eigenvalue weighted by Crippen LogP contribution is -2.52. The Labute approximate surface area is 198 Å². The highest BCUT2D eigenvalue weighted by Crippen LogP contribution is 2.18. The number of nitrogens with zero attached hydrogens (tertiary/aromatic N) is 1. The van der Waals surface area contributed by atoms with Gasteiger partial charge in [-0.2, -0.15) is 5.48 Å². The minimum atomic E-state index is -0.838. The molecule has 32 heavy (non-hydrogen) atoms. The van der Waals surface area contributed by atoms with Crippen molar-refractivity contribution in [3.63, 3.8) is 0 Å². The summed E-state index contributed by atoms with van der Waals surface area (Å²) in [5.74, 6) is 1.14. The van der Waals surface area contributed by atoms with Gasteiger partial charge in [0.1, 0.15) is 0 Å². The predicted octanol–water partition coefficient (Wildman–Crippen LogP) is 6.41. The van der Waals surface area contributed by atoms with Crippen LogP contribution in [0.2, 0.25) is 0 Å².